The van der Waals surface area contributed by atoms with Crippen LogP contribution in [0.25, 0.3) is 0 Å². The van der Waals surface area contributed by atoms with Gasteiger partial charge in [0, 0.05) is 25.4 Å². The van der Waals surface area contributed by atoms with E-state index in [2.05, 4.69) is 20.7 Å². The van der Waals surface area contributed by atoms with Crippen molar-refractivity contribution in [2.45, 2.75) is 32.5 Å². The van der Waals surface area contributed by atoms with Crippen molar-refractivity contribution < 1.29 is 14.6 Å². The molecule has 162 valence electrons. The number of ether oxygens (including phenoxy) is 2. The molecule has 0 spiro atoms. The second-order valence-corrected chi connectivity index (χ2v) is 6.83. The first kappa shape index (κ1) is 25.0. The minimum atomic E-state index is -1.10. The number of aliphatic imine (C=N–C) groups is 1. The maximum absolute atomic E-state index is 10.7. The summed E-state index contributed by atoms with van der Waals surface area (Å²) in [5.74, 6) is 2.00. The largest absolute Gasteiger partial charge is 0.493 e. The summed E-state index contributed by atoms with van der Waals surface area (Å²) in [7, 11) is 3.44. The number of hydrogen-bond acceptors (Lipinski definition) is 5. The number of rotatable bonds is 9. The van der Waals surface area contributed by atoms with Gasteiger partial charge in [-0.2, -0.15) is 5.10 Å². The van der Waals surface area contributed by atoms with Crippen LogP contribution < -0.4 is 20.1 Å². The standard InChI is InChI=1S/C20H31N5O3.HI/c1-6-21-19(23-14-20(3,26)16-12-24-25(4)13-16)22-11-15(2)28-18-10-8-7-9-17(18)27-5;/h7-10,12-13,15,26H,6,11,14H2,1-5H3,(H2,21,22,23);1H. The second-order valence-electron chi connectivity index (χ2n) is 6.83. The summed E-state index contributed by atoms with van der Waals surface area (Å²) in [4.78, 5) is 4.51. The van der Waals surface area contributed by atoms with E-state index >= 15 is 0 Å². The van der Waals surface area contributed by atoms with Crippen LogP contribution in [0.4, 0.5) is 0 Å². The number of benzene rings is 1. The van der Waals surface area contributed by atoms with Gasteiger partial charge in [0.15, 0.2) is 17.5 Å². The van der Waals surface area contributed by atoms with Crippen LogP contribution in [0.2, 0.25) is 0 Å². The number of nitrogens with zero attached hydrogens (tertiary/aromatic N) is 3. The molecule has 1 heterocycles. The third-order valence-corrected chi connectivity index (χ3v) is 4.17. The van der Waals surface area contributed by atoms with Gasteiger partial charge in [0.25, 0.3) is 0 Å². The Morgan fingerprint density at radius 3 is 2.59 bits per heavy atom. The highest BCUT2D eigenvalue weighted by molar-refractivity contribution is 14.0. The molecule has 0 fully saturated rings. The molecule has 3 N–H and O–H groups in total. The van der Waals surface area contributed by atoms with Crippen molar-refractivity contribution in [1.29, 1.82) is 0 Å². The minimum absolute atomic E-state index is 0. The van der Waals surface area contributed by atoms with Gasteiger partial charge in [0.2, 0.25) is 0 Å². The smallest absolute Gasteiger partial charge is 0.191 e. The molecule has 29 heavy (non-hydrogen) atoms. The maximum Gasteiger partial charge on any atom is 0.191 e. The van der Waals surface area contributed by atoms with Crippen molar-refractivity contribution in [3.63, 3.8) is 0 Å². The van der Waals surface area contributed by atoms with Crippen LogP contribution in [0.5, 0.6) is 11.5 Å². The highest BCUT2D eigenvalue weighted by atomic mass is 127. The highest BCUT2D eigenvalue weighted by Gasteiger charge is 2.24. The molecule has 0 bridgehead atoms. The average molecular weight is 517 g/mol. The lowest BCUT2D eigenvalue weighted by Gasteiger charge is -2.22. The Balaban J connectivity index is 0.00000420. The van der Waals surface area contributed by atoms with Crippen molar-refractivity contribution in [1.82, 2.24) is 20.4 Å². The lowest BCUT2D eigenvalue weighted by Crippen LogP contribution is -2.42. The molecule has 1 aromatic heterocycles. The summed E-state index contributed by atoms with van der Waals surface area (Å²) >= 11 is 0. The predicted molar refractivity (Wildman–Crippen MR) is 125 cm³/mol. The fourth-order valence-corrected chi connectivity index (χ4v) is 2.58. The third-order valence-electron chi connectivity index (χ3n) is 4.17. The van der Waals surface area contributed by atoms with Crippen LogP contribution in [0.15, 0.2) is 41.7 Å². The van der Waals surface area contributed by atoms with Gasteiger partial charge in [-0.3, -0.25) is 4.68 Å². The number of aliphatic hydroxyl groups is 1. The van der Waals surface area contributed by atoms with Crippen molar-refractivity contribution in [2.75, 3.05) is 26.7 Å². The van der Waals surface area contributed by atoms with E-state index in [4.69, 9.17) is 9.47 Å². The number of guanidine groups is 1. The molecular weight excluding hydrogens is 485 g/mol. The number of halogens is 1. The monoisotopic (exact) mass is 517 g/mol. The Bertz CT molecular complexity index is 779. The number of nitrogens with one attached hydrogen (secondary N) is 2. The zero-order valence-electron chi connectivity index (χ0n) is 17.7. The Morgan fingerprint density at radius 1 is 1.31 bits per heavy atom. The van der Waals surface area contributed by atoms with Gasteiger partial charge in [-0.1, -0.05) is 12.1 Å². The lowest BCUT2D eigenvalue weighted by molar-refractivity contribution is 0.0671. The van der Waals surface area contributed by atoms with E-state index in [-0.39, 0.29) is 36.6 Å². The molecule has 2 aromatic rings. The molecule has 2 rings (SSSR count). The summed E-state index contributed by atoms with van der Waals surface area (Å²) in [5.41, 5.74) is -0.377. The van der Waals surface area contributed by atoms with Crippen LogP contribution in [0, 0.1) is 0 Å². The molecule has 0 saturated heterocycles. The van der Waals surface area contributed by atoms with Gasteiger partial charge in [-0.25, -0.2) is 4.99 Å². The van der Waals surface area contributed by atoms with Crippen LogP contribution in [0.3, 0.4) is 0 Å². The normalized spacial score (nSPS) is 14.3. The maximum atomic E-state index is 10.7. The fourth-order valence-electron chi connectivity index (χ4n) is 2.58. The van der Waals surface area contributed by atoms with Gasteiger partial charge >= 0.3 is 0 Å². The lowest BCUT2D eigenvalue weighted by atomic mass is 10.0. The molecule has 0 amide bonds. The SMILES string of the molecule is CCNC(=NCC(C)(O)c1cnn(C)c1)NCC(C)Oc1ccccc1OC.I. The topological polar surface area (TPSA) is 92.9 Å². The highest BCUT2D eigenvalue weighted by Crippen LogP contribution is 2.26. The first-order valence-electron chi connectivity index (χ1n) is 9.39. The number of aromatic nitrogens is 2. The van der Waals surface area contributed by atoms with Crippen LogP contribution in [0.1, 0.15) is 26.3 Å². The summed E-state index contributed by atoms with van der Waals surface area (Å²) in [6, 6.07) is 7.55. The molecule has 8 nitrogen and oxygen atoms in total. The Labute approximate surface area is 189 Å². The number of methoxy groups -OCH3 is 1. The molecule has 2 unspecified atom stereocenters. The van der Waals surface area contributed by atoms with Crippen molar-refractivity contribution in [2.24, 2.45) is 12.0 Å². The van der Waals surface area contributed by atoms with Gasteiger partial charge in [-0.15, -0.1) is 24.0 Å². The van der Waals surface area contributed by atoms with E-state index in [1.807, 2.05) is 45.2 Å². The molecule has 0 aliphatic carbocycles. The predicted octanol–water partition coefficient (Wildman–Crippen LogP) is 2.28. The third kappa shape index (κ3) is 7.73. The van der Waals surface area contributed by atoms with Gasteiger partial charge in [0.1, 0.15) is 11.7 Å². The zero-order valence-corrected chi connectivity index (χ0v) is 20.0. The molecule has 1 aromatic carbocycles. The van der Waals surface area contributed by atoms with E-state index in [9.17, 15) is 5.11 Å². The summed E-state index contributed by atoms with van der Waals surface area (Å²) in [6.07, 6.45) is 3.33. The molecular formula is C20H32IN5O3. The van der Waals surface area contributed by atoms with Gasteiger partial charge in [0.05, 0.1) is 26.4 Å². The van der Waals surface area contributed by atoms with Crippen LogP contribution in [-0.2, 0) is 12.6 Å². The van der Waals surface area contributed by atoms with Crippen LogP contribution in [-0.4, -0.2) is 53.7 Å². The molecule has 2 atom stereocenters. The first-order valence-corrected chi connectivity index (χ1v) is 9.39. The van der Waals surface area contributed by atoms with E-state index < -0.39 is 5.60 Å². The molecule has 9 heteroatoms. The van der Waals surface area contributed by atoms with E-state index in [0.29, 0.717) is 30.5 Å². The average Bonchev–Trinajstić information content (AvgIpc) is 3.12. The van der Waals surface area contributed by atoms with E-state index in [1.165, 1.54) is 0 Å². The quantitative estimate of drug-likeness (QED) is 0.269. The van der Waals surface area contributed by atoms with Gasteiger partial charge < -0.3 is 25.2 Å². The van der Waals surface area contributed by atoms with Crippen molar-refractivity contribution in [3.8, 4) is 11.5 Å². The van der Waals surface area contributed by atoms with E-state index in [0.717, 1.165) is 5.56 Å². The molecule has 0 aliphatic heterocycles. The fraction of sp³-hybridized carbons (Fsp3) is 0.500. The Hall–Kier alpha value is -2.01. The molecule has 0 aliphatic rings. The number of hydrogen-bond donors (Lipinski definition) is 3. The summed E-state index contributed by atoms with van der Waals surface area (Å²) in [5, 5.41) is 21.2. The Kier molecular flexibility index (Phi) is 10.2. The molecule has 0 radical (unpaired) electrons. The van der Waals surface area contributed by atoms with Crippen LogP contribution >= 0.6 is 24.0 Å². The second kappa shape index (κ2) is 11.9. The zero-order chi connectivity index (χ0) is 20.6. The van der Waals surface area contributed by atoms with E-state index in [1.54, 1.807) is 31.1 Å². The van der Waals surface area contributed by atoms with Crippen molar-refractivity contribution in [3.05, 3.63) is 42.2 Å². The molecule has 0 saturated carbocycles. The first-order chi connectivity index (χ1) is 13.4. The number of aryl methyl sites for hydroxylation is 1. The minimum Gasteiger partial charge on any atom is -0.493 e. The van der Waals surface area contributed by atoms with Crippen molar-refractivity contribution >= 4 is 29.9 Å². The van der Waals surface area contributed by atoms with Gasteiger partial charge in [-0.05, 0) is 32.9 Å². The summed E-state index contributed by atoms with van der Waals surface area (Å²) < 4.78 is 12.9. The number of para-hydroxylation sites is 2. The summed E-state index contributed by atoms with van der Waals surface area (Å²) in [6.45, 7) is 7.14. The Morgan fingerprint density at radius 2 is 2.00 bits per heavy atom.